The predicted octanol–water partition coefficient (Wildman–Crippen LogP) is 3.89. The summed E-state index contributed by atoms with van der Waals surface area (Å²) in [6.45, 7) is 7.76. The summed E-state index contributed by atoms with van der Waals surface area (Å²) in [5.74, 6) is 1.02. The molecule has 5 nitrogen and oxygen atoms in total. The van der Waals surface area contributed by atoms with Crippen LogP contribution in [0.2, 0.25) is 0 Å². The molecular formula is C20H31FIN3O2. The van der Waals surface area contributed by atoms with Gasteiger partial charge in [-0.1, -0.05) is 24.6 Å². The van der Waals surface area contributed by atoms with Gasteiger partial charge in [-0.3, -0.25) is 0 Å². The van der Waals surface area contributed by atoms with Crippen LogP contribution >= 0.6 is 24.0 Å². The monoisotopic (exact) mass is 491 g/mol. The first-order chi connectivity index (χ1) is 12.7. The first-order valence-corrected chi connectivity index (χ1v) is 9.41. The van der Waals surface area contributed by atoms with Crippen LogP contribution in [0.4, 0.5) is 4.39 Å². The molecule has 1 aromatic carbocycles. The number of rotatable bonds is 9. The lowest BCUT2D eigenvalue weighted by atomic mass is 10.1. The molecular weight excluding hydrogens is 460 g/mol. The molecule has 1 aromatic rings. The summed E-state index contributed by atoms with van der Waals surface area (Å²) >= 11 is 0. The second-order valence-electron chi connectivity index (χ2n) is 6.19. The highest BCUT2D eigenvalue weighted by Gasteiger charge is 2.09. The van der Waals surface area contributed by atoms with Crippen LogP contribution in [0.5, 0.6) is 5.75 Å². The van der Waals surface area contributed by atoms with E-state index < -0.39 is 0 Å². The van der Waals surface area contributed by atoms with E-state index in [4.69, 9.17) is 9.47 Å². The Morgan fingerprint density at radius 1 is 1.33 bits per heavy atom. The largest absolute Gasteiger partial charge is 0.488 e. The fourth-order valence-corrected chi connectivity index (χ4v) is 2.65. The molecule has 0 bridgehead atoms. The number of nitrogens with zero attached hydrogens (tertiary/aromatic N) is 1. The van der Waals surface area contributed by atoms with Gasteiger partial charge in [-0.05, 0) is 38.3 Å². The zero-order chi connectivity index (χ0) is 18.6. The summed E-state index contributed by atoms with van der Waals surface area (Å²) in [5.41, 5.74) is 1.43. The van der Waals surface area contributed by atoms with Gasteiger partial charge in [-0.15, -0.1) is 24.0 Å². The molecule has 0 saturated heterocycles. The average molecular weight is 491 g/mol. The van der Waals surface area contributed by atoms with Crippen LogP contribution in [-0.2, 0) is 4.74 Å². The van der Waals surface area contributed by atoms with Gasteiger partial charge in [0, 0.05) is 19.2 Å². The number of ether oxygens (including phenoxy) is 2. The molecule has 0 aliphatic carbocycles. The number of benzene rings is 1. The predicted molar refractivity (Wildman–Crippen MR) is 119 cm³/mol. The van der Waals surface area contributed by atoms with E-state index in [0.717, 1.165) is 51.5 Å². The van der Waals surface area contributed by atoms with E-state index in [2.05, 4.69) is 21.7 Å². The molecule has 0 radical (unpaired) electrons. The fourth-order valence-electron chi connectivity index (χ4n) is 2.65. The molecule has 0 saturated carbocycles. The van der Waals surface area contributed by atoms with Gasteiger partial charge in [-0.2, -0.15) is 0 Å². The Bertz CT molecular complexity index is 611. The summed E-state index contributed by atoms with van der Waals surface area (Å²) < 4.78 is 24.5. The third kappa shape index (κ3) is 9.41. The number of aliphatic imine (C=N–C) groups is 1. The van der Waals surface area contributed by atoms with Crippen molar-refractivity contribution in [2.75, 3.05) is 32.8 Å². The summed E-state index contributed by atoms with van der Waals surface area (Å²) in [7, 11) is 0. The summed E-state index contributed by atoms with van der Waals surface area (Å²) in [6, 6.07) is 6.22. The maximum atomic E-state index is 13.3. The topological polar surface area (TPSA) is 54.9 Å². The minimum atomic E-state index is -0.293. The molecule has 27 heavy (non-hydrogen) atoms. The number of nitrogens with one attached hydrogen (secondary N) is 2. The van der Waals surface area contributed by atoms with E-state index in [-0.39, 0.29) is 35.9 Å². The van der Waals surface area contributed by atoms with Crippen molar-refractivity contribution in [3.63, 3.8) is 0 Å². The fraction of sp³-hybridized carbons (Fsp3) is 0.550. The average Bonchev–Trinajstić information content (AvgIpc) is 2.66. The van der Waals surface area contributed by atoms with Crippen molar-refractivity contribution in [1.29, 1.82) is 0 Å². The van der Waals surface area contributed by atoms with E-state index >= 15 is 0 Å². The number of hydrogen-bond acceptors (Lipinski definition) is 3. The van der Waals surface area contributed by atoms with Gasteiger partial charge >= 0.3 is 0 Å². The van der Waals surface area contributed by atoms with Crippen molar-refractivity contribution in [1.82, 2.24) is 10.6 Å². The maximum absolute atomic E-state index is 13.3. The van der Waals surface area contributed by atoms with Gasteiger partial charge in [0.25, 0.3) is 0 Å². The molecule has 152 valence electrons. The third-order valence-electron chi connectivity index (χ3n) is 4.15. The van der Waals surface area contributed by atoms with E-state index in [1.807, 2.05) is 13.8 Å². The number of hydrogen-bond donors (Lipinski definition) is 2. The first kappa shape index (κ1) is 23.7. The summed E-state index contributed by atoms with van der Waals surface area (Å²) in [6.07, 6.45) is 4.87. The van der Waals surface area contributed by atoms with E-state index in [1.165, 1.54) is 17.7 Å². The van der Waals surface area contributed by atoms with Crippen LogP contribution in [0.25, 0.3) is 0 Å². The summed E-state index contributed by atoms with van der Waals surface area (Å²) in [5, 5.41) is 6.61. The van der Waals surface area contributed by atoms with Crippen molar-refractivity contribution in [2.24, 2.45) is 4.99 Å². The third-order valence-corrected chi connectivity index (χ3v) is 4.15. The first-order valence-electron chi connectivity index (χ1n) is 9.41. The smallest absolute Gasteiger partial charge is 0.191 e. The Morgan fingerprint density at radius 2 is 2.19 bits per heavy atom. The van der Waals surface area contributed by atoms with Crippen molar-refractivity contribution < 1.29 is 13.9 Å². The van der Waals surface area contributed by atoms with Crippen molar-refractivity contribution in [3.05, 3.63) is 41.7 Å². The highest BCUT2D eigenvalue weighted by atomic mass is 127. The van der Waals surface area contributed by atoms with Gasteiger partial charge in [0.1, 0.15) is 17.7 Å². The van der Waals surface area contributed by atoms with Gasteiger partial charge < -0.3 is 20.1 Å². The van der Waals surface area contributed by atoms with Crippen molar-refractivity contribution in [2.45, 2.75) is 39.2 Å². The minimum absolute atomic E-state index is 0. The van der Waals surface area contributed by atoms with Gasteiger partial charge in [-0.25, -0.2) is 9.38 Å². The zero-order valence-electron chi connectivity index (χ0n) is 16.2. The lowest BCUT2D eigenvalue weighted by molar-refractivity contribution is 0.153. The molecule has 0 fully saturated rings. The molecule has 1 aliphatic rings. The molecule has 7 heteroatoms. The molecule has 2 N–H and O–H groups in total. The van der Waals surface area contributed by atoms with Crippen LogP contribution in [0.3, 0.4) is 0 Å². The maximum Gasteiger partial charge on any atom is 0.191 e. The normalized spacial score (nSPS) is 15.4. The lowest BCUT2D eigenvalue weighted by Crippen LogP contribution is -2.38. The van der Waals surface area contributed by atoms with Gasteiger partial charge in [0.15, 0.2) is 5.96 Å². The van der Waals surface area contributed by atoms with E-state index in [0.29, 0.717) is 12.3 Å². The molecule has 1 unspecified atom stereocenters. The molecule has 0 amide bonds. The van der Waals surface area contributed by atoms with Crippen molar-refractivity contribution >= 4 is 29.9 Å². The zero-order valence-corrected chi connectivity index (χ0v) is 18.5. The highest BCUT2D eigenvalue weighted by molar-refractivity contribution is 14.0. The van der Waals surface area contributed by atoms with Crippen LogP contribution in [0, 0.1) is 5.82 Å². The van der Waals surface area contributed by atoms with Crippen LogP contribution in [-0.4, -0.2) is 44.9 Å². The Labute approximate surface area is 178 Å². The van der Waals surface area contributed by atoms with E-state index in [9.17, 15) is 4.39 Å². The second kappa shape index (κ2) is 13.8. The van der Waals surface area contributed by atoms with Crippen molar-refractivity contribution in [3.8, 4) is 5.75 Å². The summed E-state index contributed by atoms with van der Waals surface area (Å²) in [4.78, 5) is 4.62. The second-order valence-corrected chi connectivity index (χ2v) is 6.19. The van der Waals surface area contributed by atoms with Crippen LogP contribution < -0.4 is 15.4 Å². The minimum Gasteiger partial charge on any atom is -0.488 e. The molecule has 0 aromatic heterocycles. The molecule has 1 aliphatic heterocycles. The quantitative estimate of drug-likeness (QED) is 0.238. The molecule has 2 rings (SSSR count). The molecule has 0 spiro atoms. The molecule has 1 atom stereocenters. The Morgan fingerprint density at radius 3 is 2.85 bits per heavy atom. The van der Waals surface area contributed by atoms with E-state index in [1.54, 1.807) is 12.1 Å². The Hall–Kier alpha value is -1.35. The van der Waals surface area contributed by atoms with Crippen LogP contribution in [0.1, 0.15) is 33.1 Å². The number of guanidine groups is 1. The Balaban J connectivity index is 0.00000364. The van der Waals surface area contributed by atoms with Gasteiger partial charge in [0.2, 0.25) is 0 Å². The SMILES string of the molecule is CCNC(=NCC(CC)Oc1cccc(F)c1)NCCC1=CCOCC1.I. The standard InChI is InChI=1S/C20H30FN3O2.HI/c1-3-18(26-19-7-5-6-17(21)14-19)15-24-20(22-4-2)23-11-8-16-9-12-25-13-10-16;/h5-7,9,14,18H,3-4,8,10-13,15H2,1-2H3,(H2,22,23,24);1H. The lowest BCUT2D eigenvalue weighted by Gasteiger charge is -2.18. The highest BCUT2D eigenvalue weighted by Crippen LogP contribution is 2.15. The number of halogens is 2. The van der Waals surface area contributed by atoms with Crippen LogP contribution in [0.15, 0.2) is 40.9 Å². The Kier molecular flexibility index (Phi) is 12.1. The molecule has 1 heterocycles. The van der Waals surface area contributed by atoms with Gasteiger partial charge in [0.05, 0.1) is 19.8 Å².